The van der Waals surface area contributed by atoms with E-state index in [1.807, 2.05) is 4.57 Å². The highest BCUT2D eigenvalue weighted by atomic mass is 32.2. The Hall–Kier alpha value is -1.76. The summed E-state index contributed by atoms with van der Waals surface area (Å²) in [5, 5.41) is 9.39. The number of thioether (sulfide) groups is 1. The lowest BCUT2D eigenvalue weighted by Gasteiger charge is -2.11. The summed E-state index contributed by atoms with van der Waals surface area (Å²) in [4.78, 5) is 15.1. The van der Waals surface area contributed by atoms with E-state index in [0.717, 1.165) is 17.3 Å². The van der Waals surface area contributed by atoms with E-state index in [9.17, 15) is 9.18 Å². The van der Waals surface area contributed by atoms with E-state index in [0.29, 0.717) is 23.1 Å². The Morgan fingerprint density at radius 1 is 1.52 bits per heavy atom. The summed E-state index contributed by atoms with van der Waals surface area (Å²) in [6.07, 6.45) is 0. The van der Waals surface area contributed by atoms with Gasteiger partial charge in [0.25, 0.3) is 0 Å². The van der Waals surface area contributed by atoms with E-state index < -0.39 is 11.8 Å². The number of carboxylic acids is 1. The zero-order chi connectivity index (χ0) is 15.6. The molecule has 2 rings (SSSR count). The summed E-state index contributed by atoms with van der Waals surface area (Å²) < 4.78 is 20.7. The quantitative estimate of drug-likeness (QED) is 0.831. The van der Waals surface area contributed by atoms with Crippen LogP contribution in [-0.4, -0.2) is 33.5 Å². The lowest BCUT2D eigenvalue weighted by atomic mass is 10.2. The van der Waals surface area contributed by atoms with Crippen molar-refractivity contribution >= 4 is 28.8 Å². The molecule has 21 heavy (non-hydrogen) atoms. The molecule has 0 aliphatic heterocycles. The predicted molar refractivity (Wildman–Crippen MR) is 79.4 cm³/mol. The van der Waals surface area contributed by atoms with Crippen LogP contribution in [-0.2, 0) is 11.3 Å². The van der Waals surface area contributed by atoms with Crippen LogP contribution in [0.4, 0.5) is 4.39 Å². The van der Waals surface area contributed by atoms with E-state index in [4.69, 9.17) is 9.84 Å². The van der Waals surface area contributed by atoms with Gasteiger partial charge in [-0.15, -0.1) is 0 Å². The van der Waals surface area contributed by atoms with Crippen LogP contribution >= 0.6 is 11.8 Å². The topological polar surface area (TPSA) is 64.3 Å². The van der Waals surface area contributed by atoms with Gasteiger partial charge in [0, 0.05) is 18.7 Å². The summed E-state index contributed by atoms with van der Waals surface area (Å²) >= 11 is 1.13. The molecule has 0 amide bonds. The highest BCUT2D eigenvalue weighted by molar-refractivity contribution is 7.99. The van der Waals surface area contributed by atoms with Crippen molar-refractivity contribution < 1.29 is 19.0 Å². The van der Waals surface area contributed by atoms with Crippen molar-refractivity contribution in [1.29, 1.82) is 0 Å². The van der Waals surface area contributed by atoms with Crippen molar-refractivity contribution in [3.63, 3.8) is 0 Å². The Balaban J connectivity index is 2.53. The molecule has 0 aliphatic carbocycles. The zero-order valence-electron chi connectivity index (χ0n) is 12.1. The SMILES string of the molecule is COc1cc2c(cc1F)nc(SCC(=O)O)n2CC(C)C. The van der Waals surface area contributed by atoms with Crippen LogP contribution in [0.25, 0.3) is 11.0 Å². The summed E-state index contributed by atoms with van der Waals surface area (Å²) in [7, 11) is 1.41. The maximum atomic E-state index is 13.8. The van der Waals surface area contributed by atoms with Crippen LogP contribution in [0.1, 0.15) is 13.8 Å². The summed E-state index contributed by atoms with van der Waals surface area (Å²) in [5.74, 6) is -0.966. The number of hydrogen-bond donors (Lipinski definition) is 1. The summed E-state index contributed by atoms with van der Waals surface area (Å²) in [5.41, 5.74) is 1.25. The van der Waals surface area contributed by atoms with E-state index in [1.54, 1.807) is 6.07 Å². The van der Waals surface area contributed by atoms with Crippen LogP contribution < -0.4 is 4.74 Å². The molecule has 0 spiro atoms. The first-order valence-electron chi connectivity index (χ1n) is 6.50. The number of ether oxygens (including phenoxy) is 1. The normalized spacial score (nSPS) is 11.3. The third kappa shape index (κ3) is 3.47. The van der Waals surface area contributed by atoms with Gasteiger partial charge in [-0.1, -0.05) is 25.6 Å². The molecule has 1 heterocycles. The van der Waals surface area contributed by atoms with Crippen molar-refractivity contribution in [3.8, 4) is 5.75 Å². The highest BCUT2D eigenvalue weighted by Crippen LogP contribution is 2.29. The Morgan fingerprint density at radius 3 is 2.81 bits per heavy atom. The number of imidazole rings is 1. The van der Waals surface area contributed by atoms with Gasteiger partial charge in [0.2, 0.25) is 0 Å². The number of aliphatic carboxylic acids is 1. The maximum Gasteiger partial charge on any atom is 0.313 e. The van der Waals surface area contributed by atoms with Crippen molar-refractivity contribution in [2.45, 2.75) is 25.5 Å². The molecule has 0 saturated heterocycles. The van der Waals surface area contributed by atoms with Crippen LogP contribution in [0, 0.1) is 11.7 Å². The number of rotatable bonds is 6. The number of benzene rings is 1. The minimum atomic E-state index is -0.910. The number of hydrogen-bond acceptors (Lipinski definition) is 4. The molecule has 0 atom stereocenters. The van der Waals surface area contributed by atoms with Gasteiger partial charge in [-0.05, 0) is 5.92 Å². The fourth-order valence-electron chi connectivity index (χ4n) is 2.04. The van der Waals surface area contributed by atoms with Gasteiger partial charge in [0.1, 0.15) is 0 Å². The Bertz CT molecular complexity index is 670. The minimum Gasteiger partial charge on any atom is -0.494 e. The molecule has 5 nitrogen and oxygen atoms in total. The summed E-state index contributed by atoms with van der Waals surface area (Å²) in [6, 6.07) is 2.92. The number of carboxylic acid groups (broad SMARTS) is 1. The number of fused-ring (bicyclic) bond motifs is 1. The molecule has 1 aromatic heterocycles. The van der Waals surface area contributed by atoms with Crippen molar-refractivity contribution in [2.24, 2.45) is 5.92 Å². The molecule has 1 N–H and O–H groups in total. The van der Waals surface area contributed by atoms with Gasteiger partial charge in [-0.2, -0.15) is 0 Å². The van der Waals surface area contributed by atoms with E-state index in [2.05, 4.69) is 18.8 Å². The van der Waals surface area contributed by atoms with Crippen LogP contribution in [0.3, 0.4) is 0 Å². The standard InChI is InChI=1S/C14H17FN2O3S/c1-8(2)6-17-11-5-12(20-3)9(15)4-10(11)16-14(17)21-7-13(18)19/h4-5,8H,6-7H2,1-3H3,(H,18,19). The lowest BCUT2D eigenvalue weighted by molar-refractivity contribution is -0.133. The van der Waals surface area contributed by atoms with E-state index in [-0.39, 0.29) is 11.5 Å². The molecule has 0 bridgehead atoms. The molecule has 0 radical (unpaired) electrons. The maximum absolute atomic E-state index is 13.8. The lowest BCUT2D eigenvalue weighted by Crippen LogP contribution is -2.07. The number of carbonyl (C=O) groups is 1. The smallest absolute Gasteiger partial charge is 0.313 e. The zero-order valence-corrected chi connectivity index (χ0v) is 12.9. The third-order valence-electron chi connectivity index (χ3n) is 2.86. The molecule has 7 heteroatoms. The number of methoxy groups -OCH3 is 1. The molecule has 114 valence electrons. The molecule has 1 aromatic carbocycles. The fourth-order valence-corrected chi connectivity index (χ4v) is 2.78. The van der Waals surface area contributed by atoms with Crippen LogP contribution in [0.5, 0.6) is 5.75 Å². The molecular formula is C14H17FN2O3S. The minimum absolute atomic E-state index is 0.0823. The molecule has 0 fully saturated rings. The van der Waals surface area contributed by atoms with Gasteiger partial charge < -0.3 is 14.4 Å². The number of aromatic nitrogens is 2. The second-order valence-corrected chi connectivity index (χ2v) is 6.00. The van der Waals surface area contributed by atoms with Crippen molar-refractivity contribution in [2.75, 3.05) is 12.9 Å². The molecule has 0 aliphatic rings. The van der Waals surface area contributed by atoms with Gasteiger partial charge in [0.05, 0.1) is 23.9 Å². The number of halogens is 1. The van der Waals surface area contributed by atoms with Crippen molar-refractivity contribution in [1.82, 2.24) is 9.55 Å². The first-order valence-corrected chi connectivity index (χ1v) is 7.49. The van der Waals surface area contributed by atoms with Gasteiger partial charge in [0.15, 0.2) is 16.7 Å². The third-order valence-corrected chi connectivity index (χ3v) is 3.82. The average Bonchev–Trinajstić information content (AvgIpc) is 2.72. The van der Waals surface area contributed by atoms with Crippen LogP contribution in [0.2, 0.25) is 0 Å². The van der Waals surface area contributed by atoms with Crippen molar-refractivity contribution in [3.05, 3.63) is 17.9 Å². The molecule has 0 unspecified atom stereocenters. The largest absolute Gasteiger partial charge is 0.494 e. The predicted octanol–water partition coefficient (Wildman–Crippen LogP) is 3.02. The molecule has 2 aromatic rings. The molecule has 0 saturated carbocycles. The fraction of sp³-hybridized carbons (Fsp3) is 0.429. The average molecular weight is 312 g/mol. The second-order valence-electron chi connectivity index (χ2n) is 5.06. The Kier molecular flexibility index (Phi) is 4.72. The van der Waals surface area contributed by atoms with Gasteiger partial charge in [-0.3, -0.25) is 4.79 Å². The van der Waals surface area contributed by atoms with Gasteiger partial charge in [-0.25, -0.2) is 9.37 Å². The van der Waals surface area contributed by atoms with E-state index in [1.165, 1.54) is 13.2 Å². The second kappa shape index (κ2) is 6.34. The van der Waals surface area contributed by atoms with E-state index >= 15 is 0 Å². The first-order chi connectivity index (χ1) is 9.92. The molecular weight excluding hydrogens is 295 g/mol. The van der Waals surface area contributed by atoms with Crippen LogP contribution in [0.15, 0.2) is 17.3 Å². The Labute approximate surface area is 126 Å². The Morgan fingerprint density at radius 2 is 2.24 bits per heavy atom. The monoisotopic (exact) mass is 312 g/mol. The number of nitrogens with zero attached hydrogens (tertiary/aromatic N) is 2. The highest BCUT2D eigenvalue weighted by Gasteiger charge is 2.16. The first kappa shape index (κ1) is 15.6. The van der Waals surface area contributed by atoms with Gasteiger partial charge >= 0.3 is 5.97 Å². The summed E-state index contributed by atoms with van der Waals surface area (Å²) in [6.45, 7) is 4.78.